The molecule has 0 aliphatic heterocycles. The van der Waals surface area contributed by atoms with Gasteiger partial charge in [0.25, 0.3) is 0 Å². The summed E-state index contributed by atoms with van der Waals surface area (Å²) in [5, 5.41) is 9.75. The van der Waals surface area contributed by atoms with E-state index in [-0.39, 0.29) is 17.2 Å². The van der Waals surface area contributed by atoms with Gasteiger partial charge in [0.15, 0.2) is 11.5 Å². The molecule has 0 fully saturated rings. The molecule has 0 radical (unpaired) electrons. The van der Waals surface area contributed by atoms with Crippen molar-refractivity contribution >= 4 is 31.6 Å². The fraction of sp³-hybridized carbons (Fsp3) is 0.200. The quantitative estimate of drug-likeness (QED) is 0.645. The third-order valence-electron chi connectivity index (χ3n) is 3.20. The van der Waals surface area contributed by atoms with Gasteiger partial charge in [0.2, 0.25) is 10.0 Å². The number of nitrogens with two attached hydrogens (primary N) is 1. The van der Waals surface area contributed by atoms with Crippen molar-refractivity contribution in [2.24, 2.45) is 0 Å². The van der Waals surface area contributed by atoms with Gasteiger partial charge in [-0.3, -0.25) is 0 Å². The summed E-state index contributed by atoms with van der Waals surface area (Å²) in [4.78, 5) is 0.163. The fourth-order valence-corrected chi connectivity index (χ4v) is 3.51. The van der Waals surface area contributed by atoms with Gasteiger partial charge in [-0.05, 0) is 64.3 Å². The molecule has 0 saturated heterocycles. The number of anilines is 1. The second kappa shape index (κ2) is 7.20. The Hall–Kier alpha value is -1.77. The maximum atomic E-state index is 12.2. The zero-order valence-corrected chi connectivity index (χ0v) is 14.8. The highest BCUT2D eigenvalue weighted by atomic mass is 79.9. The van der Waals surface area contributed by atoms with E-state index in [2.05, 4.69) is 20.7 Å². The summed E-state index contributed by atoms with van der Waals surface area (Å²) in [6.45, 7) is 0.215. The molecule has 0 unspecified atom stereocenters. The second-order valence-corrected chi connectivity index (χ2v) is 7.47. The van der Waals surface area contributed by atoms with Crippen LogP contribution in [-0.2, 0) is 16.4 Å². The van der Waals surface area contributed by atoms with Crippen LogP contribution in [0.15, 0.2) is 45.8 Å². The number of rotatable bonds is 6. The lowest BCUT2D eigenvalue weighted by Gasteiger charge is -2.10. The molecule has 6 nitrogen and oxygen atoms in total. The lowest BCUT2D eigenvalue weighted by molar-refractivity contribution is 0.371. The summed E-state index contributed by atoms with van der Waals surface area (Å²) in [5.41, 5.74) is 6.88. The molecule has 2 rings (SSSR count). The first-order chi connectivity index (χ1) is 10.8. The molecule has 0 bridgehead atoms. The van der Waals surface area contributed by atoms with E-state index in [1.165, 1.54) is 31.4 Å². The summed E-state index contributed by atoms with van der Waals surface area (Å²) in [6, 6.07) is 9.37. The number of aromatic hydroxyl groups is 1. The van der Waals surface area contributed by atoms with Gasteiger partial charge in [-0.1, -0.05) is 0 Å². The summed E-state index contributed by atoms with van der Waals surface area (Å²) in [7, 11) is -2.13. The van der Waals surface area contributed by atoms with Gasteiger partial charge in [0.1, 0.15) is 0 Å². The van der Waals surface area contributed by atoms with Crippen LogP contribution in [0.25, 0.3) is 0 Å². The Morgan fingerprint density at radius 2 is 1.91 bits per heavy atom. The fourth-order valence-electron chi connectivity index (χ4n) is 1.99. The number of hydrogen-bond donors (Lipinski definition) is 3. The lowest BCUT2D eigenvalue weighted by Crippen LogP contribution is -2.26. The maximum absolute atomic E-state index is 12.2. The van der Waals surface area contributed by atoms with E-state index in [1.54, 1.807) is 12.1 Å². The molecule has 23 heavy (non-hydrogen) atoms. The van der Waals surface area contributed by atoms with Crippen molar-refractivity contribution in [1.82, 2.24) is 4.72 Å². The number of hydrogen-bond acceptors (Lipinski definition) is 5. The zero-order chi connectivity index (χ0) is 17.0. The number of nitrogen functional groups attached to an aromatic ring is 1. The number of halogens is 1. The van der Waals surface area contributed by atoms with Crippen LogP contribution in [0.5, 0.6) is 11.5 Å². The highest BCUT2D eigenvalue weighted by molar-refractivity contribution is 9.10. The minimum absolute atomic E-state index is 0.0127. The summed E-state index contributed by atoms with van der Waals surface area (Å²) in [6.07, 6.45) is 0.448. The number of phenolic OH excluding ortho intramolecular Hbond substituents is 1. The van der Waals surface area contributed by atoms with Gasteiger partial charge in [-0.25, -0.2) is 13.1 Å². The molecule has 124 valence electrons. The first kappa shape index (κ1) is 17.6. The summed E-state index contributed by atoms with van der Waals surface area (Å²) in [5.74, 6) is 0.342. The Balaban J connectivity index is 2.04. The van der Waals surface area contributed by atoms with Crippen molar-refractivity contribution in [3.05, 3.63) is 46.4 Å². The minimum Gasteiger partial charge on any atom is -0.503 e. The van der Waals surface area contributed by atoms with Gasteiger partial charge in [-0.15, -0.1) is 0 Å². The molecule has 0 aliphatic carbocycles. The Morgan fingerprint density at radius 1 is 1.26 bits per heavy atom. The van der Waals surface area contributed by atoms with Gasteiger partial charge in [0, 0.05) is 12.2 Å². The third-order valence-corrected chi connectivity index (χ3v) is 5.29. The molecule has 2 aromatic carbocycles. The van der Waals surface area contributed by atoms with E-state index >= 15 is 0 Å². The molecule has 0 saturated carbocycles. The van der Waals surface area contributed by atoms with Crippen molar-refractivity contribution in [2.45, 2.75) is 11.3 Å². The Morgan fingerprint density at radius 3 is 2.52 bits per heavy atom. The van der Waals surface area contributed by atoms with Crippen LogP contribution in [0.3, 0.4) is 0 Å². The molecule has 0 amide bonds. The zero-order valence-electron chi connectivity index (χ0n) is 12.4. The van der Waals surface area contributed by atoms with Crippen molar-refractivity contribution in [3.8, 4) is 11.5 Å². The molecule has 2 aromatic rings. The highest BCUT2D eigenvalue weighted by Crippen LogP contribution is 2.35. The average molecular weight is 401 g/mol. The monoisotopic (exact) mass is 400 g/mol. The molecule has 0 aliphatic rings. The minimum atomic E-state index is -3.58. The van der Waals surface area contributed by atoms with E-state index in [9.17, 15) is 13.5 Å². The second-order valence-electron chi connectivity index (χ2n) is 4.85. The Bertz CT molecular complexity index is 792. The number of nitrogens with one attached hydrogen (secondary N) is 1. The smallest absolute Gasteiger partial charge is 0.240 e. The highest BCUT2D eigenvalue weighted by Gasteiger charge is 2.14. The van der Waals surface area contributed by atoms with Gasteiger partial charge < -0.3 is 15.6 Å². The Labute approximate surface area is 143 Å². The van der Waals surface area contributed by atoms with E-state index < -0.39 is 10.0 Å². The van der Waals surface area contributed by atoms with Gasteiger partial charge >= 0.3 is 0 Å². The van der Waals surface area contributed by atoms with Crippen LogP contribution in [-0.4, -0.2) is 27.2 Å². The normalized spacial score (nSPS) is 11.4. The molecule has 0 spiro atoms. The SMILES string of the molecule is COc1cc(CCNS(=O)(=O)c2ccc(N)cc2)cc(Br)c1O. The number of sulfonamides is 1. The van der Waals surface area contributed by atoms with Crippen LogP contribution in [0.1, 0.15) is 5.56 Å². The Kier molecular flexibility index (Phi) is 5.51. The predicted octanol–water partition coefficient (Wildman–Crippen LogP) is 2.27. The number of phenols is 1. The van der Waals surface area contributed by atoms with Crippen LogP contribution >= 0.6 is 15.9 Å². The van der Waals surface area contributed by atoms with Crippen molar-refractivity contribution in [1.29, 1.82) is 0 Å². The molecular formula is C15H17BrN2O4S. The first-order valence-electron chi connectivity index (χ1n) is 6.74. The van der Waals surface area contributed by atoms with Crippen LogP contribution < -0.4 is 15.2 Å². The topological polar surface area (TPSA) is 102 Å². The largest absolute Gasteiger partial charge is 0.503 e. The number of ether oxygens (including phenoxy) is 1. The molecule has 0 atom stereocenters. The van der Waals surface area contributed by atoms with Crippen LogP contribution in [0, 0.1) is 0 Å². The van der Waals surface area contributed by atoms with Crippen molar-refractivity contribution in [3.63, 3.8) is 0 Å². The number of benzene rings is 2. The molecule has 4 N–H and O–H groups in total. The standard InChI is InChI=1S/C15H17BrN2O4S/c1-22-14-9-10(8-13(16)15(14)19)6-7-18-23(20,21)12-4-2-11(17)3-5-12/h2-5,8-9,18-19H,6-7,17H2,1H3. The van der Waals surface area contributed by atoms with Crippen LogP contribution in [0.2, 0.25) is 0 Å². The van der Waals surface area contributed by atoms with E-state index in [0.717, 1.165) is 5.56 Å². The third kappa shape index (κ3) is 4.37. The number of methoxy groups -OCH3 is 1. The predicted molar refractivity (Wildman–Crippen MR) is 92.1 cm³/mol. The van der Waals surface area contributed by atoms with Crippen molar-refractivity contribution in [2.75, 3.05) is 19.4 Å². The maximum Gasteiger partial charge on any atom is 0.240 e. The first-order valence-corrected chi connectivity index (χ1v) is 9.01. The molecule has 0 aromatic heterocycles. The lowest BCUT2D eigenvalue weighted by atomic mass is 10.1. The molecule has 0 heterocycles. The van der Waals surface area contributed by atoms with E-state index in [0.29, 0.717) is 22.3 Å². The average Bonchev–Trinajstić information content (AvgIpc) is 2.51. The van der Waals surface area contributed by atoms with E-state index in [1.807, 2.05) is 0 Å². The molecular weight excluding hydrogens is 384 g/mol. The summed E-state index contributed by atoms with van der Waals surface area (Å²) >= 11 is 3.23. The molecule has 8 heteroatoms. The van der Waals surface area contributed by atoms with Crippen molar-refractivity contribution < 1.29 is 18.3 Å². The van der Waals surface area contributed by atoms with Crippen LogP contribution in [0.4, 0.5) is 5.69 Å². The summed E-state index contributed by atoms with van der Waals surface area (Å²) < 4.78 is 32.4. The van der Waals surface area contributed by atoms with Gasteiger partial charge in [0.05, 0.1) is 16.5 Å². The van der Waals surface area contributed by atoms with Gasteiger partial charge in [-0.2, -0.15) is 0 Å². The van der Waals surface area contributed by atoms with E-state index in [4.69, 9.17) is 10.5 Å².